The number of amides is 1. The minimum absolute atomic E-state index is 0.0913. The Morgan fingerprint density at radius 1 is 1.34 bits per heavy atom. The maximum absolute atomic E-state index is 12.5. The molecule has 3 heterocycles. The highest BCUT2D eigenvalue weighted by Gasteiger charge is 2.31. The normalized spacial score (nSPS) is 20.5. The number of thiazole rings is 1. The number of nitrogens with zero attached hydrogens (tertiary/aromatic N) is 2. The summed E-state index contributed by atoms with van der Waals surface area (Å²) in [7, 11) is 0. The summed E-state index contributed by atoms with van der Waals surface area (Å²) < 4.78 is 16.9. The topological polar surface area (TPSA) is 72.9 Å². The minimum atomic E-state index is -0.0913. The smallest absolute Gasteiger partial charge is 0.244 e. The van der Waals surface area contributed by atoms with E-state index in [2.05, 4.69) is 15.2 Å². The second kappa shape index (κ2) is 11.6. The van der Waals surface area contributed by atoms with E-state index in [1.54, 1.807) is 17.4 Å². The molecule has 8 heteroatoms. The molecule has 0 radical (unpaired) electrons. The van der Waals surface area contributed by atoms with E-state index in [0.29, 0.717) is 19.1 Å². The first-order valence-electron chi connectivity index (χ1n) is 11.2. The van der Waals surface area contributed by atoms with Gasteiger partial charge in [-0.2, -0.15) is 0 Å². The molecule has 7 nitrogen and oxygen atoms in total. The SMILES string of the molecule is Cc1nc(COc2cccc(/C=C/C(=O)NCC(C3CCOC3)N3CCOCC3)c2)cs1. The zero-order valence-electron chi connectivity index (χ0n) is 18.5. The Hall–Kier alpha value is -2.26. The second-order valence-electron chi connectivity index (χ2n) is 8.14. The molecule has 1 N–H and O–H groups in total. The summed E-state index contributed by atoms with van der Waals surface area (Å²) in [4.78, 5) is 19.3. The predicted octanol–water partition coefficient (Wildman–Crippen LogP) is 2.90. The lowest BCUT2D eigenvalue weighted by molar-refractivity contribution is -0.116. The van der Waals surface area contributed by atoms with Gasteiger partial charge in [0.25, 0.3) is 0 Å². The van der Waals surface area contributed by atoms with Crippen molar-refractivity contribution in [2.24, 2.45) is 5.92 Å². The summed E-state index contributed by atoms with van der Waals surface area (Å²) in [6.45, 7) is 7.91. The van der Waals surface area contributed by atoms with Crippen LogP contribution in [0.15, 0.2) is 35.7 Å². The quantitative estimate of drug-likeness (QED) is 0.584. The van der Waals surface area contributed by atoms with Crippen molar-refractivity contribution in [1.82, 2.24) is 15.2 Å². The Labute approximate surface area is 193 Å². The summed E-state index contributed by atoms with van der Waals surface area (Å²) in [6.07, 6.45) is 4.45. The molecule has 2 unspecified atom stereocenters. The molecule has 0 spiro atoms. The van der Waals surface area contributed by atoms with Gasteiger partial charge in [-0.25, -0.2) is 4.98 Å². The lowest BCUT2D eigenvalue weighted by Crippen LogP contribution is -2.52. The Balaban J connectivity index is 1.29. The van der Waals surface area contributed by atoms with Crippen LogP contribution in [0.25, 0.3) is 6.08 Å². The Morgan fingerprint density at radius 2 is 2.22 bits per heavy atom. The van der Waals surface area contributed by atoms with Crippen LogP contribution in [-0.4, -0.2) is 67.9 Å². The van der Waals surface area contributed by atoms with E-state index in [1.807, 2.05) is 42.6 Å². The van der Waals surface area contributed by atoms with Gasteiger partial charge in [0.15, 0.2) is 0 Å². The van der Waals surface area contributed by atoms with Crippen molar-refractivity contribution in [3.8, 4) is 5.75 Å². The first kappa shape index (κ1) is 22.9. The fraction of sp³-hybridized carbons (Fsp3) is 0.500. The van der Waals surface area contributed by atoms with Gasteiger partial charge in [0.2, 0.25) is 5.91 Å². The molecule has 1 aromatic carbocycles. The summed E-state index contributed by atoms with van der Waals surface area (Å²) in [5.41, 5.74) is 1.84. The molecule has 0 bridgehead atoms. The van der Waals surface area contributed by atoms with Gasteiger partial charge in [-0.3, -0.25) is 9.69 Å². The van der Waals surface area contributed by atoms with Gasteiger partial charge in [0, 0.05) is 49.7 Å². The second-order valence-corrected chi connectivity index (χ2v) is 9.20. The van der Waals surface area contributed by atoms with Crippen molar-refractivity contribution in [3.63, 3.8) is 0 Å². The van der Waals surface area contributed by atoms with E-state index in [-0.39, 0.29) is 11.9 Å². The number of rotatable bonds is 9. The molecule has 0 saturated carbocycles. The van der Waals surface area contributed by atoms with E-state index in [0.717, 1.165) is 68.0 Å². The minimum Gasteiger partial charge on any atom is -0.487 e. The van der Waals surface area contributed by atoms with Crippen LogP contribution >= 0.6 is 11.3 Å². The molecular weight excluding hydrogens is 426 g/mol. The number of nitrogens with one attached hydrogen (secondary N) is 1. The molecule has 2 atom stereocenters. The van der Waals surface area contributed by atoms with Gasteiger partial charge in [0.1, 0.15) is 12.4 Å². The number of hydrogen-bond donors (Lipinski definition) is 1. The number of carbonyl (C=O) groups excluding carboxylic acids is 1. The van der Waals surface area contributed by atoms with Crippen molar-refractivity contribution in [2.75, 3.05) is 46.1 Å². The molecule has 1 aromatic heterocycles. The number of carbonyl (C=O) groups is 1. The number of benzene rings is 1. The van der Waals surface area contributed by atoms with Crippen molar-refractivity contribution in [2.45, 2.75) is 26.0 Å². The molecule has 32 heavy (non-hydrogen) atoms. The molecule has 2 saturated heterocycles. The molecule has 2 aliphatic heterocycles. The van der Waals surface area contributed by atoms with Crippen molar-refractivity contribution in [3.05, 3.63) is 52.0 Å². The summed E-state index contributed by atoms with van der Waals surface area (Å²) in [5.74, 6) is 1.12. The van der Waals surface area contributed by atoms with E-state index < -0.39 is 0 Å². The number of hydrogen-bond acceptors (Lipinski definition) is 7. The maximum Gasteiger partial charge on any atom is 0.244 e. The summed E-state index contributed by atoms with van der Waals surface area (Å²) in [6, 6.07) is 8.00. The third-order valence-electron chi connectivity index (χ3n) is 5.85. The molecule has 172 valence electrons. The molecule has 2 fully saturated rings. The third kappa shape index (κ3) is 6.62. The van der Waals surface area contributed by atoms with Gasteiger partial charge in [-0.15, -0.1) is 11.3 Å². The fourth-order valence-electron chi connectivity index (χ4n) is 4.14. The Morgan fingerprint density at radius 3 is 2.97 bits per heavy atom. The standard InChI is InChI=1S/C24H31N3O4S/c1-18-26-21(17-32-18)16-31-22-4-2-3-19(13-22)5-6-24(28)25-14-23(20-7-10-30-15-20)27-8-11-29-12-9-27/h2-6,13,17,20,23H,7-12,14-16H2,1H3,(H,25,28)/b6-5+. The lowest BCUT2D eigenvalue weighted by Gasteiger charge is -2.37. The number of ether oxygens (including phenoxy) is 3. The van der Waals surface area contributed by atoms with Crippen LogP contribution in [0.5, 0.6) is 5.75 Å². The van der Waals surface area contributed by atoms with E-state index in [4.69, 9.17) is 14.2 Å². The van der Waals surface area contributed by atoms with Crippen LogP contribution < -0.4 is 10.1 Å². The average molecular weight is 458 g/mol. The highest BCUT2D eigenvalue weighted by atomic mass is 32.1. The zero-order valence-corrected chi connectivity index (χ0v) is 19.3. The first-order valence-corrected chi connectivity index (χ1v) is 12.0. The molecule has 1 amide bonds. The van der Waals surface area contributed by atoms with Gasteiger partial charge >= 0.3 is 0 Å². The van der Waals surface area contributed by atoms with Gasteiger partial charge in [-0.1, -0.05) is 12.1 Å². The third-order valence-corrected chi connectivity index (χ3v) is 6.67. The van der Waals surface area contributed by atoms with Crippen molar-refractivity contribution >= 4 is 23.3 Å². The predicted molar refractivity (Wildman–Crippen MR) is 125 cm³/mol. The first-order chi connectivity index (χ1) is 15.7. The highest BCUT2D eigenvalue weighted by molar-refractivity contribution is 7.09. The van der Waals surface area contributed by atoms with E-state index in [9.17, 15) is 4.79 Å². The molecule has 0 aliphatic carbocycles. The van der Waals surface area contributed by atoms with E-state index in [1.165, 1.54) is 0 Å². The average Bonchev–Trinajstić information content (AvgIpc) is 3.50. The fourth-order valence-corrected chi connectivity index (χ4v) is 4.73. The number of morpholine rings is 1. The van der Waals surface area contributed by atoms with Gasteiger partial charge < -0.3 is 19.5 Å². The molecule has 4 rings (SSSR count). The highest BCUT2D eigenvalue weighted by Crippen LogP contribution is 2.22. The maximum atomic E-state index is 12.5. The van der Waals surface area contributed by atoms with Crippen LogP contribution in [0, 0.1) is 12.8 Å². The van der Waals surface area contributed by atoms with Crippen LogP contribution in [0.3, 0.4) is 0 Å². The van der Waals surface area contributed by atoms with Crippen LogP contribution in [0.4, 0.5) is 0 Å². The van der Waals surface area contributed by atoms with Crippen molar-refractivity contribution in [1.29, 1.82) is 0 Å². The van der Waals surface area contributed by atoms with Crippen LogP contribution in [0.1, 0.15) is 22.7 Å². The van der Waals surface area contributed by atoms with Crippen LogP contribution in [0.2, 0.25) is 0 Å². The van der Waals surface area contributed by atoms with E-state index >= 15 is 0 Å². The zero-order chi connectivity index (χ0) is 22.2. The molecule has 2 aliphatic rings. The van der Waals surface area contributed by atoms with Gasteiger partial charge in [-0.05, 0) is 37.1 Å². The van der Waals surface area contributed by atoms with Crippen LogP contribution in [-0.2, 0) is 20.9 Å². The Kier molecular flexibility index (Phi) is 8.28. The number of aryl methyl sites for hydroxylation is 1. The largest absolute Gasteiger partial charge is 0.487 e. The monoisotopic (exact) mass is 457 g/mol. The summed E-state index contributed by atoms with van der Waals surface area (Å²) >= 11 is 1.61. The Bertz CT molecular complexity index is 904. The van der Waals surface area contributed by atoms with Gasteiger partial charge in [0.05, 0.1) is 30.5 Å². The molecule has 2 aromatic rings. The summed E-state index contributed by atoms with van der Waals surface area (Å²) in [5, 5.41) is 6.12. The molecular formula is C24H31N3O4S. The lowest BCUT2D eigenvalue weighted by atomic mass is 9.97. The van der Waals surface area contributed by atoms with Crippen molar-refractivity contribution < 1.29 is 19.0 Å². The number of aromatic nitrogens is 1.